The molecule has 2 fully saturated rings. The van der Waals surface area contributed by atoms with Gasteiger partial charge >= 0.3 is 12.0 Å². The van der Waals surface area contributed by atoms with Crippen molar-refractivity contribution >= 4 is 12.0 Å². The Morgan fingerprint density at radius 2 is 2.09 bits per heavy atom. The molecule has 5 heteroatoms. The second kappa shape index (κ2) is 6.22. The smallest absolute Gasteiger partial charge is 0.317 e. The molecule has 0 unspecified atom stereocenters. The van der Waals surface area contributed by atoms with Gasteiger partial charge in [0.1, 0.15) is 0 Å². The maximum absolute atomic E-state index is 12.4. The number of nitrogens with zero attached hydrogens (tertiary/aromatic N) is 1. The highest BCUT2D eigenvalue weighted by Crippen LogP contribution is 2.48. The monoisotopic (exact) mass is 316 g/mol. The summed E-state index contributed by atoms with van der Waals surface area (Å²) in [7, 11) is 0. The molecule has 1 aromatic carbocycles. The number of hydrogen-bond acceptors (Lipinski definition) is 2. The number of carbonyl (C=O) groups excluding carboxylic acids is 1. The van der Waals surface area contributed by atoms with Crippen LogP contribution in [-0.2, 0) is 17.8 Å². The molecule has 2 amide bonds. The average Bonchev–Trinajstić information content (AvgIpc) is 3.11. The van der Waals surface area contributed by atoms with Gasteiger partial charge in [-0.2, -0.15) is 0 Å². The van der Waals surface area contributed by atoms with Crippen LogP contribution in [0.5, 0.6) is 0 Å². The van der Waals surface area contributed by atoms with Crippen LogP contribution in [0.3, 0.4) is 0 Å². The van der Waals surface area contributed by atoms with Crippen LogP contribution in [0.2, 0.25) is 0 Å². The van der Waals surface area contributed by atoms with Gasteiger partial charge in [-0.3, -0.25) is 4.79 Å². The third-order valence-corrected chi connectivity index (χ3v) is 5.51. The van der Waals surface area contributed by atoms with E-state index in [4.69, 9.17) is 0 Å². The number of carboxylic acid groups (broad SMARTS) is 1. The number of hydrogen-bond donors (Lipinski definition) is 2. The van der Waals surface area contributed by atoms with Crippen molar-refractivity contribution in [1.29, 1.82) is 0 Å². The van der Waals surface area contributed by atoms with Crippen LogP contribution >= 0.6 is 0 Å². The minimum absolute atomic E-state index is 0.105. The molecule has 2 atom stereocenters. The van der Waals surface area contributed by atoms with Gasteiger partial charge in [-0.05, 0) is 36.3 Å². The Labute approximate surface area is 136 Å². The molecule has 2 N–H and O–H groups in total. The van der Waals surface area contributed by atoms with E-state index >= 15 is 0 Å². The average molecular weight is 316 g/mol. The molecular weight excluding hydrogens is 292 g/mol. The molecule has 5 nitrogen and oxygen atoms in total. The number of likely N-dealkylation sites (tertiary alicyclic amines) is 1. The first-order chi connectivity index (χ1) is 11.1. The molecule has 0 aromatic heterocycles. The summed E-state index contributed by atoms with van der Waals surface area (Å²) in [5.41, 5.74) is 1.64. The van der Waals surface area contributed by atoms with E-state index in [0.717, 1.165) is 24.8 Å². The molecule has 124 valence electrons. The van der Waals surface area contributed by atoms with Crippen molar-refractivity contribution < 1.29 is 14.7 Å². The van der Waals surface area contributed by atoms with Gasteiger partial charge in [0, 0.05) is 19.6 Å². The molecule has 1 aliphatic heterocycles. The van der Waals surface area contributed by atoms with Crippen LogP contribution in [0.4, 0.5) is 4.79 Å². The number of benzene rings is 1. The van der Waals surface area contributed by atoms with E-state index in [2.05, 4.69) is 18.3 Å². The fraction of sp³-hybridized carbons (Fsp3) is 0.556. The number of carbonyl (C=O) groups is 2. The van der Waals surface area contributed by atoms with Gasteiger partial charge in [0.05, 0.1) is 5.41 Å². The van der Waals surface area contributed by atoms with E-state index in [1.165, 1.54) is 5.56 Å². The van der Waals surface area contributed by atoms with Crippen molar-refractivity contribution in [2.75, 3.05) is 13.1 Å². The lowest BCUT2D eigenvalue weighted by Crippen LogP contribution is -2.41. The number of amides is 2. The molecule has 23 heavy (non-hydrogen) atoms. The van der Waals surface area contributed by atoms with Crippen LogP contribution in [0.1, 0.15) is 37.3 Å². The SMILES string of the molecule is CCc1ccccc1CNC(=O)N1C[C@@H]2CCC[C@@]2(C(=O)O)C1. The van der Waals surface area contributed by atoms with Crippen molar-refractivity contribution in [1.82, 2.24) is 10.2 Å². The minimum Gasteiger partial charge on any atom is -0.481 e. The summed E-state index contributed by atoms with van der Waals surface area (Å²) in [4.78, 5) is 25.8. The second-order valence-corrected chi connectivity index (χ2v) is 6.71. The second-order valence-electron chi connectivity index (χ2n) is 6.71. The van der Waals surface area contributed by atoms with Crippen molar-refractivity contribution in [2.24, 2.45) is 11.3 Å². The predicted molar refractivity (Wildman–Crippen MR) is 87.0 cm³/mol. The summed E-state index contributed by atoms with van der Waals surface area (Å²) in [6, 6.07) is 7.92. The Kier molecular flexibility index (Phi) is 4.28. The topological polar surface area (TPSA) is 69.6 Å². The highest BCUT2D eigenvalue weighted by Gasteiger charge is 2.55. The summed E-state index contributed by atoms with van der Waals surface area (Å²) >= 11 is 0. The molecule has 1 heterocycles. The number of carboxylic acids is 1. The van der Waals surface area contributed by atoms with Gasteiger partial charge in [0.15, 0.2) is 0 Å². The van der Waals surface area contributed by atoms with Gasteiger partial charge in [-0.1, -0.05) is 37.6 Å². The highest BCUT2D eigenvalue weighted by atomic mass is 16.4. The van der Waals surface area contributed by atoms with Crippen molar-refractivity contribution in [3.05, 3.63) is 35.4 Å². The van der Waals surface area contributed by atoms with Gasteiger partial charge < -0.3 is 15.3 Å². The molecule has 3 rings (SSSR count). The first kappa shape index (κ1) is 15.8. The number of aryl methyl sites for hydroxylation is 1. The molecule has 2 aliphatic rings. The highest BCUT2D eigenvalue weighted by molar-refractivity contribution is 5.80. The predicted octanol–water partition coefficient (Wildman–Crippen LogP) is 2.65. The Bertz CT molecular complexity index is 616. The molecule has 1 saturated heterocycles. The zero-order valence-electron chi connectivity index (χ0n) is 13.5. The molecule has 0 bridgehead atoms. The molecule has 1 aliphatic carbocycles. The first-order valence-electron chi connectivity index (χ1n) is 8.40. The molecule has 1 aromatic rings. The summed E-state index contributed by atoms with van der Waals surface area (Å²) in [5, 5.41) is 12.5. The first-order valence-corrected chi connectivity index (χ1v) is 8.40. The Morgan fingerprint density at radius 3 is 2.74 bits per heavy atom. The van der Waals surface area contributed by atoms with Crippen LogP contribution < -0.4 is 5.32 Å². The van der Waals surface area contributed by atoms with E-state index in [0.29, 0.717) is 26.1 Å². The van der Waals surface area contributed by atoms with E-state index in [1.807, 2.05) is 18.2 Å². The molecular formula is C18H24N2O3. The quantitative estimate of drug-likeness (QED) is 0.897. The molecule has 1 saturated carbocycles. The largest absolute Gasteiger partial charge is 0.481 e. The number of fused-ring (bicyclic) bond motifs is 1. The van der Waals surface area contributed by atoms with Gasteiger partial charge in [0.2, 0.25) is 0 Å². The van der Waals surface area contributed by atoms with Crippen LogP contribution in [0, 0.1) is 11.3 Å². The van der Waals surface area contributed by atoms with Crippen LogP contribution in [-0.4, -0.2) is 35.1 Å². The number of rotatable bonds is 4. The van der Waals surface area contributed by atoms with Gasteiger partial charge in [-0.25, -0.2) is 4.79 Å². The van der Waals surface area contributed by atoms with E-state index in [9.17, 15) is 14.7 Å². The summed E-state index contributed by atoms with van der Waals surface area (Å²) in [6.07, 6.45) is 3.49. The zero-order chi connectivity index (χ0) is 16.4. The lowest BCUT2D eigenvalue weighted by atomic mass is 9.81. The van der Waals surface area contributed by atoms with E-state index in [-0.39, 0.29) is 11.9 Å². The Balaban J connectivity index is 1.63. The lowest BCUT2D eigenvalue weighted by Gasteiger charge is -2.23. The van der Waals surface area contributed by atoms with Crippen LogP contribution in [0.25, 0.3) is 0 Å². The Hall–Kier alpha value is -2.04. The van der Waals surface area contributed by atoms with E-state index in [1.54, 1.807) is 4.90 Å². The van der Waals surface area contributed by atoms with E-state index < -0.39 is 11.4 Å². The minimum atomic E-state index is -0.744. The standard InChI is InChI=1S/C18H24N2O3/c1-2-13-6-3-4-7-14(13)10-19-17(23)20-11-15-8-5-9-18(15,12-20)16(21)22/h3-4,6-7,15H,2,5,8-12H2,1H3,(H,19,23)(H,21,22)/t15-,18+/m0/s1. The van der Waals surface area contributed by atoms with Crippen LogP contribution in [0.15, 0.2) is 24.3 Å². The van der Waals surface area contributed by atoms with Gasteiger partial charge in [-0.15, -0.1) is 0 Å². The fourth-order valence-corrected chi connectivity index (χ4v) is 4.15. The third-order valence-electron chi connectivity index (χ3n) is 5.51. The molecule has 0 radical (unpaired) electrons. The van der Waals surface area contributed by atoms with Gasteiger partial charge in [0.25, 0.3) is 0 Å². The van der Waals surface area contributed by atoms with Crippen molar-refractivity contribution in [3.8, 4) is 0 Å². The zero-order valence-corrected chi connectivity index (χ0v) is 13.5. The molecule has 0 spiro atoms. The number of urea groups is 1. The summed E-state index contributed by atoms with van der Waals surface area (Å²) in [5.74, 6) is -0.639. The summed E-state index contributed by atoms with van der Waals surface area (Å²) in [6.45, 7) is 3.49. The number of nitrogens with one attached hydrogen (secondary N) is 1. The normalized spacial score (nSPS) is 26.1. The third kappa shape index (κ3) is 2.80. The Morgan fingerprint density at radius 1 is 1.35 bits per heavy atom. The maximum Gasteiger partial charge on any atom is 0.317 e. The fourth-order valence-electron chi connectivity index (χ4n) is 4.15. The maximum atomic E-state index is 12.4. The van der Waals surface area contributed by atoms with Crippen molar-refractivity contribution in [3.63, 3.8) is 0 Å². The summed E-state index contributed by atoms with van der Waals surface area (Å²) < 4.78 is 0. The lowest BCUT2D eigenvalue weighted by molar-refractivity contribution is -0.149. The van der Waals surface area contributed by atoms with Crippen molar-refractivity contribution in [2.45, 2.75) is 39.2 Å². The number of aliphatic carboxylic acids is 1.